The third-order valence-electron chi connectivity index (χ3n) is 3.54. The minimum Gasteiger partial charge on any atom is -0.345 e. The van der Waals surface area contributed by atoms with Crippen molar-refractivity contribution in [2.75, 3.05) is 13.6 Å². The van der Waals surface area contributed by atoms with Crippen LogP contribution in [0.5, 0.6) is 0 Å². The molecule has 1 amide bonds. The summed E-state index contributed by atoms with van der Waals surface area (Å²) in [5, 5.41) is 0.720. The molecule has 0 bridgehead atoms. The van der Waals surface area contributed by atoms with Crippen molar-refractivity contribution in [1.29, 1.82) is 0 Å². The van der Waals surface area contributed by atoms with Gasteiger partial charge in [0.05, 0.1) is 5.41 Å². The molecule has 0 radical (unpaired) electrons. The van der Waals surface area contributed by atoms with Gasteiger partial charge in [0.1, 0.15) is 0 Å². The number of halogens is 1. The Labute approximate surface area is 114 Å². The van der Waals surface area contributed by atoms with E-state index in [1.165, 1.54) is 0 Å². The molecular weight excluding hydrogens is 246 g/mol. The van der Waals surface area contributed by atoms with Gasteiger partial charge in [0, 0.05) is 18.6 Å². The Morgan fingerprint density at radius 2 is 1.89 bits per heavy atom. The van der Waals surface area contributed by atoms with E-state index in [1.54, 1.807) is 0 Å². The minimum absolute atomic E-state index is 0.249. The Hall–Kier alpha value is -1.02. The maximum Gasteiger partial charge on any atom is 0.232 e. The van der Waals surface area contributed by atoms with E-state index in [1.807, 2.05) is 36.2 Å². The van der Waals surface area contributed by atoms with Gasteiger partial charge in [0.25, 0.3) is 0 Å². The predicted molar refractivity (Wildman–Crippen MR) is 74.8 cm³/mol. The standard InChI is InChI=1S/C15H20ClNO/c1-11(2)10-17(3)14(18)15(8-9-15)12-4-6-13(16)7-5-12/h4-7,11H,8-10H2,1-3H3. The smallest absolute Gasteiger partial charge is 0.232 e. The van der Waals surface area contributed by atoms with Crippen molar-refractivity contribution in [3.63, 3.8) is 0 Å². The fourth-order valence-electron chi connectivity index (χ4n) is 2.52. The van der Waals surface area contributed by atoms with Crippen LogP contribution < -0.4 is 0 Å². The van der Waals surface area contributed by atoms with Crippen LogP contribution in [0.15, 0.2) is 24.3 Å². The summed E-state index contributed by atoms with van der Waals surface area (Å²) in [5.74, 6) is 0.749. The molecule has 2 nitrogen and oxygen atoms in total. The van der Waals surface area contributed by atoms with Crippen molar-refractivity contribution in [2.45, 2.75) is 32.1 Å². The number of rotatable bonds is 4. The van der Waals surface area contributed by atoms with Crippen molar-refractivity contribution in [2.24, 2.45) is 5.92 Å². The van der Waals surface area contributed by atoms with Gasteiger partial charge in [-0.05, 0) is 36.5 Å². The van der Waals surface area contributed by atoms with Gasteiger partial charge < -0.3 is 4.90 Å². The molecule has 1 aliphatic carbocycles. The molecule has 3 heteroatoms. The van der Waals surface area contributed by atoms with Gasteiger partial charge >= 0.3 is 0 Å². The summed E-state index contributed by atoms with van der Waals surface area (Å²) in [7, 11) is 1.90. The maximum atomic E-state index is 12.5. The van der Waals surface area contributed by atoms with Crippen LogP contribution >= 0.6 is 11.6 Å². The Bertz CT molecular complexity index is 434. The van der Waals surface area contributed by atoms with Crippen LogP contribution in [0.1, 0.15) is 32.3 Å². The molecule has 98 valence electrons. The topological polar surface area (TPSA) is 20.3 Å². The first-order valence-electron chi connectivity index (χ1n) is 6.47. The second-order valence-corrected chi connectivity index (χ2v) is 6.10. The average molecular weight is 266 g/mol. The molecule has 0 spiro atoms. The third kappa shape index (κ3) is 2.54. The predicted octanol–water partition coefficient (Wildman–Crippen LogP) is 3.49. The number of carbonyl (C=O) groups excluding carboxylic acids is 1. The van der Waals surface area contributed by atoms with Gasteiger partial charge in [0.15, 0.2) is 0 Å². The summed E-state index contributed by atoms with van der Waals surface area (Å²) in [6.07, 6.45) is 1.91. The normalized spacial score (nSPS) is 16.7. The Morgan fingerprint density at radius 1 is 1.33 bits per heavy atom. The molecule has 0 unspecified atom stereocenters. The highest BCUT2D eigenvalue weighted by Gasteiger charge is 2.52. The van der Waals surface area contributed by atoms with Gasteiger partial charge in [-0.25, -0.2) is 0 Å². The van der Waals surface area contributed by atoms with E-state index < -0.39 is 0 Å². The molecule has 0 N–H and O–H groups in total. The molecule has 1 aromatic carbocycles. The lowest BCUT2D eigenvalue weighted by Gasteiger charge is -2.25. The SMILES string of the molecule is CC(C)CN(C)C(=O)C1(c2ccc(Cl)cc2)CC1. The van der Waals surface area contributed by atoms with Crippen LogP contribution in [0.25, 0.3) is 0 Å². The lowest BCUT2D eigenvalue weighted by Crippen LogP contribution is -2.38. The number of benzene rings is 1. The summed E-state index contributed by atoms with van der Waals surface area (Å²) in [6.45, 7) is 5.07. The molecule has 0 heterocycles. The van der Waals surface area contributed by atoms with E-state index >= 15 is 0 Å². The zero-order chi connectivity index (χ0) is 13.3. The summed E-state index contributed by atoms with van der Waals surface area (Å²) in [5.41, 5.74) is 0.835. The Balaban J connectivity index is 2.16. The van der Waals surface area contributed by atoms with Crippen LogP contribution in [-0.2, 0) is 10.2 Å². The van der Waals surface area contributed by atoms with Crippen LogP contribution in [0.4, 0.5) is 0 Å². The van der Waals surface area contributed by atoms with E-state index in [-0.39, 0.29) is 11.3 Å². The van der Waals surface area contributed by atoms with Crippen molar-refractivity contribution in [1.82, 2.24) is 4.90 Å². The quantitative estimate of drug-likeness (QED) is 0.816. The molecule has 1 saturated carbocycles. The van der Waals surface area contributed by atoms with Gasteiger partial charge in [0.2, 0.25) is 5.91 Å². The highest BCUT2D eigenvalue weighted by molar-refractivity contribution is 6.30. The second-order valence-electron chi connectivity index (χ2n) is 5.67. The molecule has 1 fully saturated rings. The molecule has 0 atom stereocenters. The number of nitrogens with zero attached hydrogens (tertiary/aromatic N) is 1. The monoisotopic (exact) mass is 265 g/mol. The maximum absolute atomic E-state index is 12.5. The molecule has 1 aromatic rings. The molecule has 1 aliphatic rings. The van der Waals surface area contributed by atoms with Crippen molar-refractivity contribution < 1.29 is 4.79 Å². The second kappa shape index (κ2) is 4.93. The first-order chi connectivity index (χ1) is 8.45. The van der Waals surface area contributed by atoms with Gasteiger partial charge in [-0.15, -0.1) is 0 Å². The highest BCUT2D eigenvalue weighted by atomic mass is 35.5. The zero-order valence-electron chi connectivity index (χ0n) is 11.2. The van der Waals surface area contributed by atoms with Crippen LogP contribution in [0, 0.1) is 5.92 Å². The van der Waals surface area contributed by atoms with E-state index in [9.17, 15) is 4.79 Å². The Morgan fingerprint density at radius 3 is 2.33 bits per heavy atom. The minimum atomic E-state index is -0.270. The fraction of sp³-hybridized carbons (Fsp3) is 0.533. The number of amides is 1. The third-order valence-corrected chi connectivity index (χ3v) is 3.79. The van der Waals surface area contributed by atoms with Crippen LogP contribution in [-0.4, -0.2) is 24.4 Å². The first kappa shape index (κ1) is 13.4. The van der Waals surface area contributed by atoms with Crippen LogP contribution in [0.2, 0.25) is 5.02 Å². The molecule has 0 aliphatic heterocycles. The average Bonchev–Trinajstić information content (AvgIpc) is 3.09. The number of carbonyl (C=O) groups is 1. The van der Waals surface area contributed by atoms with Gasteiger partial charge in [-0.3, -0.25) is 4.79 Å². The number of hydrogen-bond acceptors (Lipinski definition) is 1. The lowest BCUT2D eigenvalue weighted by molar-refractivity contribution is -0.133. The van der Waals surface area contributed by atoms with Crippen molar-refractivity contribution in [3.8, 4) is 0 Å². The van der Waals surface area contributed by atoms with E-state index in [0.29, 0.717) is 5.92 Å². The van der Waals surface area contributed by atoms with Gasteiger partial charge in [-0.2, -0.15) is 0 Å². The largest absolute Gasteiger partial charge is 0.345 e. The summed E-state index contributed by atoms with van der Waals surface area (Å²) < 4.78 is 0. The van der Waals surface area contributed by atoms with E-state index in [0.717, 1.165) is 30.0 Å². The lowest BCUT2D eigenvalue weighted by atomic mass is 9.94. The molecule has 18 heavy (non-hydrogen) atoms. The van der Waals surface area contributed by atoms with Gasteiger partial charge in [-0.1, -0.05) is 37.6 Å². The van der Waals surface area contributed by atoms with E-state index in [2.05, 4.69) is 13.8 Å². The summed E-state index contributed by atoms with van der Waals surface area (Å²) in [4.78, 5) is 14.4. The number of hydrogen-bond donors (Lipinski definition) is 0. The summed E-state index contributed by atoms with van der Waals surface area (Å²) in [6, 6.07) is 7.70. The number of likely N-dealkylation sites (N-methyl/N-ethyl adjacent to an activating group) is 1. The van der Waals surface area contributed by atoms with Crippen molar-refractivity contribution in [3.05, 3.63) is 34.9 Å². The molecular formula is C15H20ClNO. The van der Waals surface area contributed by atoms with Crippen molar-refractivity contribution >= 4 is 17.5 Å². The molecule has 0 saturated heterocycles. The summed E-state index contributed by atoms with van der Waals surface area (Å²) >= 11 is 5.90. The first-order valence-corrected chi connectivity index (χ1v) is 6.85. The van der Waals surface area contributed by atoms with Crippen LogP contribution in [0.3, 0.4) is 0 Å². The highest BCUT2D eigenvalue weighted by Crippen LogP contribution is 2.49. The fourth-order valence-corrected chi connectivity index (χ4v) is 2.64. The molecule has 2 rings (SSSR count). The van der Waals surface area contributed by atoms with E-state index in [4.69, 9.17) is 11.6 Å². The Kier molecular flexibility index (Phi) is 3.67. The molecule has 0 aromatic heterocycles. The zero-order valence-corrected chi connectivity index (χ0v) is 12.0.